The van der Waals surface area contributed by atoms with Crippen LogP contribution in [0.5, 0.6) is 0 Å². The minimum absolute atomic E-state index is 0.146. The summed E-state index contributed by atoms with van der Waals surface area (Å²) in [5.74, 6) is -4.52. The van der Waals surface area contributed by atoms with Gasteiger partial charge in [0.05, 0.1) is 18.7 Å². The van der Waals surface area contributed by atoms with E-state index in [2.05, 4.69) is 16.0 Å². The number of hydrogen-bond acceptors (Lipinski definition) is 7. The Morgan fingerprint density at radius 1 is 1.03 bits per heavy atom. The Kier molecular flexibility index (Phi) is 11.5. The van der Waals surface area contributed by atoms with E-state index in [0.717, 1.165) is 0 Å². The van der Waals surface area contributed by atoms with E-state index in [4.69, 9.17) is 16.6 Å². The van der Waals surface area contributed by atoms with Crippen LogP contribution in [0.15, 0.2) is 0 Å². The van der Waals surface area contributed by atoms with Crippen LogP contribution in [0.25, 0.3) is 0 Å². The van der Waals surface area contributed by atoms with Gasteiger partial charge in [0.1, 0.15) is 12.1 Å². The molecule has 9 N–H and O–H groups in total. The highest BCUT2D eigenvalue weighted by atomic mass is 16.4. The molecule has 166 valence electrons. The molecule has 5 unspecified atom stereocenters. The summed E-state index contributed by atoms with van der Waals surface area (Å²) in [4.78, 5) is 58.1. The van der Waals surface area contributed by atoms with Gasteiger partial charge in [0.25, 0.3) is 0 Å². The lowest BCUT2D eigenvalue weighted by molar-refractivity contribution is -0.142. The molecule has 4 amide bonds. The number of aliphatic carboxylic acids is 1. The third-order valence-electron chi connectivity index (χ3n) is 4.36. The van der Waals surface area contributed by atoms with Gasteiger partial charge in [-0.05, 0) is 19.3 Å². The summed E-state index contributed by atoms with van der Waals surface area (Å²) in [6.45, 7) is 4.30. The van der Waals surface area contributed by atoms with Gasteiger partial charge in [-0.1, -0.05) is 20.3 Å². The summed E-state index contributed by atoms with van der Waals surface area (Å²) < 4.78 is 0. The zero-order valence-corrected chi connectivity index (χ0v) is 16.8. The molecule has 5 atom stereocenters. The zero-order valence-electron chi connectivity index (χ0n) is 16.8. The SMILES string of the molecule is CCC(C)C(N)C(=O)NC(C(=O)NCC(=O)NC(CCC(N)=O)C(=O)O)C(C)O. The molecule has 0 saturated heterocycles. The Balaban J connectivity index is 4.79. The predicted octanol–water partition coefficient (Wildman–Crippen LogP) is -2.82. The molecule has 0 aromatic rings. The van der Waals surface area contributed by atoms with Crippen molar-refractivity contribution in [1.29, 1.82) is 0 Å². The molecule has 0 radical (unpaired) electrons. The molecule has 0 rings (SSSR count). The monoisotopic (exact) mass is 417 g/mol. The number of amides is 4. The Labute approximate surface area is 168 Å². The van der Waals surface area contributed by atoms with Gasteiger partial charge in [-0.2, -0.15) is 0 Å². The second kappa shape index (κ2) is 12.7. The second-order valence-corrected chi connectivity index (χ2v) is 6.82. The maximum absolute atomic E-state index is 12.2. The predicted molar refractivity (Wildman–Crippen MR) is 102 cm³/mol. The first-order valence-electron chi connectivity index (χ1n) is 9.22. The van der Waals surface area contributed by atoms with Gasteiger partial charge < -0.3 is 37.6 Å². The molecule has 0 aliphatic rings. The van der Waals surface area contributed by atoms with Gasteiger partial charge in [-0.3, -0.25) is 19.2 Å². The minimum atomic E-state index is -1.36. The molecule has 0 aromatic carbocycles. The highest BCUT2D eigenvalue weighted by Crippen LogP contribution is 2.06. The average molecular weight is 417 g/mol. The molecule has 29 heavy (non-hydrogen) atoms. The van der Waals surface area contributed by atoms with Crippen LogP contribution in [-0.4, -0.2) is 70.6 Å². The highest BCUT2D eigenvalue weighted by Gasteiger charge is 2.29. The Hall–Kier alpha value is -2.73. The molecule has 0 bridgehead atoms. The van der Waals surface area contributed by atoms with Crippen molar-refractivity contribution in [3.8, 4) is 0 Å². The van der Waals surface area contributed by atoms with Crippen molar-refractivity contribution in [2.24, 2.45) is 17.4 Å². The number of carboxylic acid groups (broad SMARTS) is 1. The van der Waals surface area contributed by atoms with Gasteiger partial charge in [0, 0.05) is 6.42 Å². The largest absolute Gasteiger partial charge is 0.480 e. The van der Waals surface area contributed by atoms with Crippen LogP contribution in [0.2, 0.25) is 0 Å². The number of nitrogens with two attached hydrogens (primary N) is 2. The summed E-state index contributed by atoms with van der Waals surface area (Å²) in [6, 6.07) is -3.58. The fraction of sp³-hybridized carbons (Fsp3) is 0.706. The van der Waals surface area contributed by atoms with Crippen molar-refractivity contribution < 1.29 is 34.2 Å². The third kappa shape index (κ3) is 9.85. The fourth-order valence-electron chi connectivity index (χ4n) is 2.23. The number of rotatable bonds is 13. The normalized spacial score (nSPS) is 15.9. The number of aliphatic hydroxyl groups is 1. The van der Waals surface area contributed by atoms with Crippen molar-refractivity contribution in [3.63, 3.8) is 0 Å². The average Bonchev–Trinajstić information content (AvgIpc) is 2.65. The topological polar surface area (TPSA) is 214 Å². The van der Waals surface area contributed by atoms with E-state index in [1.807, 2.05) is 6.92 Å². The van der Waals surface area contributed by atoms with E-state index < -0.39 is 60.4 Å². The quantitative estimate of drug-likeness (QED) is 0.165. The molecule has 0 aliphatic carbocycles. The summed E-state index contributed by atoms with van der Waals surface area (Å²) in [5, 5.41) is 25.5. The zero-order chi connectivity index (χ0) is 22.7. The summed E-state index contributed by atoms with van der Waals surface area (Å²) in [6.07, 6.45) is -1.07. The molecule has 0 aliphatic heterocycles. The van der Waals surface area contributed by atoms with Crippen LogP contribution >= 0.6 is 0 Å². The molecular weight excluding hydrogens is 386 g/mol. The van der Waals surface area contributed by atoms with Gasteiger partial charge in [-0.15, -0.1) is 0 Å². The molecule has 0 spiro atoms. The molecular formula is C17H31N5O7. The number of carbonyl (C=O) groups is 5. The maximum Gasteiger partial charge on any atom is 0.326 e. The van der Waals surface area contributed by atoms with E-state index in [9.17, 15) is 29.1 Å². The summed E-state index contributed by atoms with van der Waals surface area (Å²) in [5.41, 5.74) is 10.7. The summed E-state index contributed by atoms with van der Waals surface area (Å²) >= 11 is 0. The first-order chi connectivity index (χ1) is 13.4. The number of hydrogen-bond donors (Lipinski definition) is 7. The number of primary amides is 1. The van der Waals surface area contributed by atoms with Crippen LogP contribution in [0, 0.1) is 5.92 Å². The van der Waals surface area contributed by atoms with Crippen molar-refractivity contribution in [2.75, 3.05) is 6.54 Å². The molecule has 0 fully saturated rings. The lowest BCUT2D eigenvalue weighted by Crippen LogP contribution is -2.58. The van der Waals surface area contributed by atoms with Crippen LogP contribution in [0.4, 0.5) is 0 Å². The standard InChI is InChI=1S/C17H31N5O7/c1-4-8(2)13(19)15(26)22-14(9(3)23)16(27)20-7-12(25)21-10(17(28)29)5-6-11(18)24/h8-10,13-14,23H,4-7,19H2,1-3H3,(H2,18,24)(H,20,27)(H,21,25)(H,22,26)(H,28,29). The number of carbonyl (C=O) groups excluding carboxylic acids is 4. The number of nitrogens with one attached hydrogen (secondary N) is 3. The molecule has 0 saturated carbocycles. The van der Waals surface area contributed by atoms with Crippen molar-refractivity contribution in [3.05, 3.63) is 0 Å². The van der Waals surface area contributed by atoms with E-state index >= 15 is 0 Å². The third-order valence-corrected chi connectivity index (χ3v) is 4.36. The van der Waals surface area contributed by atoms with Crippen LogP contribution in [0.3, 0.4) is 0 Å². The van der Waals surface area contributed by atoms with Gasteiger partial charge >= 0.3 is 5.97 Å². The van der Waals surface area contributed by atoms with Crippen molar-refractivity contribution in [2.45, 2.75) is 64.3 Å². The first-order valence-corrected chi connectivity index (χ1v) is 9.22. The fourth-order valence-corrected chi connectivity index (χ4v) is 2.23. The number of carboxylic acids is 1. The first kappa shape index (κ1) is 26.3. The molecule has 12 nitrogen and oxygen atoms in total. The molecule has 0 aromatic heterocycles. The van der Waals surface area contributed by atoms with E-state index in [0.29, 0.717) is 6.42 Å². The van der Waals surface area contributed by atoms with E-state index in [1.165, 1.54) is 6.92 Å². The van der Waals surface area contributed by atoms with E-state index in [1.54, 1.807) is 6.92 Å². The van der Waals surface area contributed by atoms with Crippen molar-refractivity contribution in [1.82, 2.24) is 16.0 Å². The van der Waals surface area contributed by atoms with Gasteiger partial charge in [0.2, 0.25) is 23.6 Å². The van der Waals surface area contributed by atoms with Crippen LogP contribution in [0.1, 0.15) is 40.0 Å². The van der Waals surface area contributed by atoms with Crippen LogP contribution in [-0.2, 0) is 24.0 Å². The summed E-state index contributed by atoms with van der Waals surface area (Å²) in [7, 11) is 0. The minimum Gasteiger partial charge on any atom is -0.480 e. The molecule has 12 heteroatoms. The van der Waals surface area contributed by atoms with Crippen LogP contribution < -0.4 is 27.4 Å². The van der Waals surface area contributed by atoms with Gasteiger partial charge in [-0.25, -0.2) is 4.79 Å². The lowest BCUT2D eigenvalue weighted by Gasteiger charge is -2.24. The maximum atomic E-state index is 12.2. The molecule has 0 heterocycles. The lowest BCUT2D eigenvalue weighted by atomic mass is 9.99. The number of aliphatic hydroxyl groups excluding tert-OH is 1. The van der Waals surface area contributed by atoms with Crippen molar-refractivity contribution >= 4 is 29.6 Å². The Bertz CT molecular complexity index is 611. The van der Waals surface area contributed by atoms with Gasteiger partial charge in [0.15, 0.2) is 0 Å². The van der Waals surface area contributed by atoms with E-state index in [-0.39, 0.29) is 18.8 Å². The highest BCUT2D eigenvalue weighted by molar-refractivity contribution is 5.93. The smallest absolute Gasteiger partial charge is 0.326 e. The Morgan fingerprint density at radius 3 is 2.07 bits per heavy atom. The second-order valence-electron chi connectivity index (χ2n) is 6.82. The Morgan fingerprint density at radius 2 is 1.62 bits per heavy atom.